The average Bonchev–Trinajstić information content (AvgIpc) is 2.45. The van der Waals surface area contributed by atoms with Crippen LogP contribution in [0.4, 0.5) is 0 Å². The summed E-state index contributed by atoms with van der Waals surface area (Å²) in [5.41, 5.74) is 0.413. The Labute approximate surface area is 136 Å². The van der Waals surface area contributed by atoms with Gasteiger partial charge in [-0.25, -0.2) is 0 Å². The maximum absolute atomic E-state index is 12.1. The van der Waals surface area contributed by atoms with Crippen LogP contribution >= 0.6 is 0 Å². The lowest BCUT2D eigenvalue weighted by molar-refractivity contribution is 0.0908. The summed E-state index contributed by atoms with van der Waals surface area (Å²) < 4.78 is 29.7. The topological polar surface area (TPSA) is 113 Å². The molecule has 0 aliphatic heterocycles. The zero-order valence-corrected chi connectivity index (χ0v) is 14.2. The molecule has 0 radical (unpaired) electrons. The van der Waals surface area contributed by atoms with E-state index in [1.54, 1.807) is 0 Å². The fourth-order valence-electron chi connectivity index (χ4n) is 1.64. The van der Waals surface area contributed by atoms with Crippen LogP contribution in [0.3, 0.4) is 0 Å². The van der Waals surface area contributed by atoms with Gasteiger partial charge >= 0.3 is 0 Å². The zero-order valence-electron chi connectivity index (χ0n) is 13.4. The first-order valence-electron chi connectivity index (χ1n) is 7.20. The standard InChI is InChI=1S/C15H22N2O5S/c1-4-15(2,3)17-14(19)12-7-5-11(6-8-12)13(18)16-9-10-23(20,21)22/h5-8H,4,9-10H2,1-3H3,(H,16,18)(H,17,19)(H,20,21,22). The van der Waals surface area contributed by atoms with E-state index in [2.05, 4.69) is 10.6 Å². The molecule has 0 heterocycles. The summed E-state index contributed by atoms with van der Waals surface area (Å²) in [4.78, 5) is 23.9. The van der Waals surface area contributed by atoms with E-state index >= 15 is 0 Å². The van der Waals surface area contributed by atoms with Gasteiger partial charge in [0.25, 0.3) is 21.9 Å². The number of rotatable bonds is 7. The van der Waals surface area contributed by atoms with Crippen molar-refractivity contribution in [3.63, 3.8) is 0 Å². The van der Waals surface area contributed by atoms with Gasteiger partial charge in [-0.2, -0.15) is 8.42 Å². The van der Waals surface area contributed by atoms with Gasteiger partial charge in [0.05, 0.1) is 5.75 Å². The molecule has 0 aliphatic rings. The number of hydrogen-bond acceptors (Lipinski definition) is 4. The summed E-state index contributed by atoms with van der Waals surface area (Å²) >= 11 is 0. The van der Waals surface area contributed by atoms with Gasteiger partial charge in [-0.05, 0) is 44.5 Å². The number of benzene rings is 1. The second kappa shape index (κ2) is 7.56. The summed E-state index contributed by atoms with van der Waals surface area (Å²) in [6.07, 6.45) is 0.785. The molecule has 0 bridgehead atoms. The predicted molar refractivity (Wildman–Crippen MR) is 87.0 cm³/mol. The Balaban J connectivity index is 2.65. The second-order valence-electron chi connectivity index (χ2n) is 5.81. The van der Waals surface area contributed by atoms with E-state index in [0.717, 1.165) is 6.42 Å². The lowest BCUT2D eigenvalue weighted by atomic mass is 10.0. The molecule has 128 valence electrons. The molecule has 0 spiro atoms. The van der Waals surface area contributed by atoms with Crippen molar-refractivity contribution in [3.05, 3.63) is 35.4 Å². The molecule has 1 aromatic rings. The third kappa shape index (κ3) is 6.79. The molecule has 3 N–H and O–H groups in total. The smallest absolute Gasteiger partial charge is 0.266 e. The summed E-state index contributed by atoms with van der Waals surface area (Å²) in [5, 5.41) is 5.26. The van der Waals surface area contributed by atoms with Gasteiger partial charge in [-0.3, -0.25) is 14.1 Å². The van der Waals surface area contributed by atoms with Gasteiger partial charge < -0.3 is 10.6 Å². The third-order valence-electron chi connectivity index (χ3n) is 3.39. The normalized spacial score (nSPS) is 11.8. The van der Waals surface area contributed by atoms with Crippen molar-refractivity contribution < 1.29 is 22.6 Å². The summed E-state index contributed by atoms with van der Waals surface area (Å²) in [5.74, 6) is -1.25. The molecule has 0 aromatic heterocycles. The predicted octanol–water partition coefficient (Wildman–Crippen LogP) is 1.22. The van der Waals surface area contributed by atoms with E-state index in [-0.39, 0.29) is 18.0 Å². The highest BCUT2D eigenvalue weighted by Gasteiger charge is 2.19. The van der Waals surface area contributed by atoms with E-state index in [9.17, 15) is 18.0 Å². The van der Waals surface area contributed by atoms with Crippen molar-refractivity contribution in [3.8, 4) is 0 Å². The van der Waals surface area contributed by atoms with Crippen molar-refractivity contribution in [1.29, 1.82) is 0 Å². The third-order valence-corrected chi connectivity index (χ3v) is 4.11. The highest BCUT2D eigenvalue weighted by molar-refractivity contribution is 7.85. The van der Waals surface area contributed by atoms with Crippen LogP contribution in [0.15, 0.2) is 24.3 Å². The molecular formula is C15H22N2O5S. The maximum Gasteiger partial charge on any atom is 0.266 e. The van der Waals surface area contributed by atoms with Crippen molar-refractivity contribution in [2.75, 3.05) is 12.3 Å². The van der Waals surface area contributed by atoms with Gasteiger partial charge in [0.1, 0.15) is 0 Å². The van der Waals surface area contributed by atoms with E-state index in [1.807, 2.05) is 20.8 Å². The molecule has 1 aromatic carbocycles. The van der Waals surface area contributed by atoms with Crippen LogP contribution in [-0.4, -0.2) is 42.6 Å². The fourth-order valence-corrected chi connectivity index (χ4v) is 2.00. The van der Waals surface area contributed by atoms with Crippen molar-refractivity contribution in [2.24, 2.45) is 0 Å². The number of amides is 2. The Kier molecular flexibility index (Phi) is 6.28. The Morgan fingerprint density at radius 1 is 1.09 bits per heavy atom. The van der Waals surface area contributed by atoms with Crippen LogP contribution < -0.4 is 10.6 Å². The van der Waals surface area contributed by atoms with Crippen LogP contribution in [-0.2, 0) is 10.1 Å². The summed E-state index contributed by atoms with van der Waals surface area (Å²) in [6.45, 7) is 5.62. The molecule has 2 amide bonds. The van der Waals surface area contributed by atoms with E-state index in [0.29, 0.717) is 11.1 Å². The number of carbonyl (C=O) groups excluding carboxylic acids is 2. The van der Waals surface area contributed by atoms with Gasteiger partial charge in [-0.1, -0.05) is 6.92 Å². The lowest BCUT2D eigenvalue weighted by Crippen LogP contribution is -2.42. The molecule has 0 aliphatic carbocycles. The Morgan fingerprint density at radius 2 is 1.57 bits per heavy atom. The van der Waals surface area contributed by atoms with Crippen LogP contribution in [0, 0.1) is 0 Å². The average molecular weight is 342 g/mol. The minimum Gasteiger partial charge on any atom is -0.351 e. The number of hydrogen-bond donors (Lipinski definition) is 3. The molecular weight excluding hydrogens is 320 g/mol. The van der Waals surface area contributed by atoms with Crippen molar-refractivity contribution in [1.82, 2.24) is 10.6 Å². The van der Waals surface area contributed by atoms with Gasteiger partial charge in [-0.15, -0.1) is 0 Å². The largest absolute Gasteiger partial charge is 0.351 e. The zero-order chi connectivity index (χ0) is 17.7. The Morgan fingerprint density at radius 3 is 2.00 bits per heavy atom. The molecule has 0 unspecified atom stereocenters. The fraction of sp³-hybridized carbons (Fsp3) is 0.467. The van der Waals surface area contributed by atoms with E-state index in [1.165, 1.54) is 24.3 Å². The Hall–Kier alpha value is -1.93. The minimum atomic E-state index is -4.11. The lowest BCUT2D eigenvalue weighted by Gasteiger charge is -2.24. The first kappa shape index (κ1) is 19.1. The highest BCUT2D eigenvalue weighted by atomic mass is 32.2. The SMILES string of the molecule is CCC(C)(C)NC(=O)c1ccc(C(=O)NCCS(=O)(=O)O)cc1. The quantitative estimate of drug-likeness (QED) is 0.645. The molecule has 0 atom stereocenters. The van der Waals surface area contributed by atoms with E-state index in [4.69, 9.17) is 4.55 Å². The van der Waals surface area contributed by atoms with Crippen molar-refractivity contribution in [2.45, 2.75) is 32.7 Å². The van der Waals surface area contributed by atoms with Gasteiger partial charge in [0, 0.05) is 23.2 Å². The minimum absolute atomic E-state index is 0.190. The summed E-state index contributed by atoms with van der Waals surface area (Å²) in [7, 11) is -4.11. The first-order valence-corrected chi connectivity index (χ1v) is 8.81. The molecule has 0 fully saturated rings. The van der Waals surface area contributed by atoms with Gasteiger partial charge in [0.15, 0.2) is 0 Å². The second-order valence-corrected chi connectivity index (χ2v) is 7.38. The van der Waals surface area contributed by atoms with Crippen LogP contribution in [0.2, 0.25) is 0 Å². The number of carbonyl (C=O) groups is 2. The van der Waals surface area contributed by atoms with Gasteiger partial charge in [0.2, 0.25) is 0 Å². The molecule has 0 saturated heterocycles. The van der Waals surface area contributed by atoms with Crippen LogP contribution in [0.25, 0.3) is 0 Å². The molecule has 23 heavy (non-hydrogen) atoms. The highest BCUT2D eigenvalue weighted by Crippen LogP contribution is 2.10. The van der Waals surface area contributed by atoms with Crippen LogP contribution in [0.5, 0.6) is 0 Å². The molecule has 7 nitrogen and oxygen atoms in total. The first-order chi connectivity index (χ1) is 10.5. The van der Waals surface area contributed by atoms with E-state index < -0.39 is 21.8 Å². The monoisotopic (exact) mass is 342 g/mol. The van der Waals surface area contributed by atoms with Crippen molar-refractivity contribution >= 4 is 21.9 Å². The maximum atomic E-state index is 12.1. The van der Waals surface area contributed by atoms with Crippen LogP contribution in [0.1, 0.15) is 47.9 Å². The molecule has 1 rings (SSSR count). The number of nitrogens with one attached hydrogen (secondary N) is 2. The Bertz CT molecular complexity index is 666. The molecule has 0 saturated carbocycles. The summed E-state index contributed by atoms with van der Waals surface area (Å²) in [6, 6.07) is 6.02. The molecule has 8 heteroatoms.